The van der Waals surface area contributed by atoms with Crippen molar-refractivity contribution in [3.63, 3.8) is 0 Å². The molecule has 0 aliphatic carbocycles. The van der Waals surface area contributed by atoms with E-state index < -0.39 is 0 Å². The van der Waals surface area contributed by atoms with Crippen LogP contribution in [-0.2, 0) is 13.0 Å². The predicted octanol–water partition coefficient (Wildman–Crippen LogP) is 4.56. The molecule has 3 heteroatoms. The van der Waals surface area contributed by atoms with E-state index in [4.69, 9.17) is 4.74 Å². The SMILES string of the molecule is CCNC(C)c1cccc(OCc2ccc(CC)s2)c1. The molecule has 0 saturated carbocycles. The van der Waals surface area contributed by atoms with Crippen molar-refractivity contribution in [3.8, 4) is 5.75 Å². The maximum Gasteiger partial charge on any atom is 0.122 e. The van der Waals surface area contributed by atoms with Gasteiger partial charge in [0.25, 0.3) is 0 Å². The molecule has 0 saturated heterocycles. The van der Waals surface area contributed by atoms with Crippen LogP contribution in [0.2, 0.25) is 0 Å². The van der Waals surface area contributed by atoms with E-state index in [0.717, 1.165) is 18.7 Å². The molecular weight excluding hydrogens is 266 g/mol. The number of benzene rings is 1. The van der Waals surface area contributed by atoms with E-state index in [1.807, 2.05) is 17.4 Å². The fraction of sp³-hybridized carbons (Fsp3) is 0.412. The zero-order valence-corrected chi connectivity index (χ0v) is 13.3. The van der Waals surface area contributed by atoms with Crippen molar-refractivity contribution in [1.82, 2.24) is 5.32 Å². The van der Waals surface area contributed by atoms with Crippen molar-refractivity contribution >= 4 is 11.3 Å². The summed E-state index contributed by atoms with van der Waals surface area (Å²) >= 11 is 1.83. The fourth-order valence-electron chi connectivity index (χ4n) is 2.14. The molecular formula is C17H23NOS. The molecule has 1 aromatic carbocycles. The Morgan fingerprint density at radius 2 is 1.95 bits per heavy atom. The van der Waals surface area contributed by atoms with Gasteiger partial charge in [0.15, 0.2) is 0 Å². The molecule has 0 amide bonds. The quantitative estimate of drug-likeness (QED) is 0.806. The van der Waals surface area contributed by atoms with Crippen LogP contribution < -0.4 is 10.1 Å². The standard InChI is InChI=1S/C17H23NOS/c1-4-16-9-10-17(20-16)12-19-15-8-6-7-14(11-15)13(3)18-5-2/h6-11,13,18H,4-5,12H2,1-3H3. The zero-order chi connectivity index (χ0) is 14.4. The number of ether oxygens (including phenoxy) is 1. The van der Waals surface area contributed by atoms with Gasteiger partial charge in [0.1, 0.15) is 12.4 Å². The molecule has 2 aromatic rings. The van der Waals surface area contributed by atoms with Crippen LogP contribution in [0.3, 0.4) is 0 Å². The van der Waals surface area contributed by atoms with Crippen LogP contribution in [0, 0.1) is 0 Å². The molecule has 0 aliphatic heterocycles. The molecule has 0 radical (unpaired) electrons. The molecule has 2 nitrogen and oxygen atoms in total. The molecule has 0 spiro atoms. The minimum Gasteiger partial charge on any atom is -0.488 e. The number of hydrogen-bond donors (Lipinski definition) is 1. The average Bonchev–Trinajstić information content (AvgIpc) is 2.94. The van der Waals surface area contributed by atoms with Crippen LogP contribution in [0.25, 0.3) is 0 Å². The third-order valence-corrected chi connectivity index (χ3v) is 4.52. The summed E-state index contributed by atoms with van der Waals surface area (Å²) in [4.78, 5) is 2.70. The predicted molar refractivity (Wildman–Crippen MR) is 86.6 cm³/mol. The number of hydrogen-bond acceptors (Lipinski definition) is 3. The fourth-order valence-corrected chi connectivity index (χ4v) is 3.01. The Morgan fingerprint density at radius 1 is 1.15 bits per heavy atom. The lowest BCUT2D eigenvalue weighted by molar-refractivity contribution is 0.309. The number of rotatable bonds is 7. The molecule has 1 atom stereocenters. The van der Waals surface area contributed by atoms with E-state index in [-0.39, 0.29) is 0 Å². The second kappa shape index (κ2) is 7.46. The Kier molecular flexibility index (Phi) is 5.62. The summed E-state index contributed by atoms with van der Waals surface area (Å²) in [5, 5.41) is 3.42. The van der Waals surface area contributed by atoms with Gasteiger partial charge in [0.2, 0.25) is 0 Å². The maximum absolute atomic E-state index is 5.90. The topological polar surface area (TPSA) is 21.3 Å². The van der Waals surface area contributed by atoms with Gasteiger partial charge in [0.05, 0.1) is 0 Å². The molecule has 1 N–H and O–H groups in total. The van der Waals surface area contributed by atoms with Gasteiger partial charge in [-0.15, -0.1) is 11.3 Å². The minimum absolute atomic E-state index is 0.358. The van der Waals surface area contributed by atoms with Gasteiger partial charge in [-0.1, -0.05) is 26.0 Å². The molecule has 2 rings (SSSR count). The van der Waals surface area contributed by atoms with Gasteiger partial charge in [-0.25, -0.2) is 0 Å². The van der Waals surface area contributed by atoms with E-state index in [0.29, 0.717) is 12.6 Å². The molecule has 20 heavy (non-hydrogen) atoms. The first-order valence-electron chi connectivity index (χ1n) is 7.26. The second-order valence-electron chi connectivity index (χ2n) is 4.86. The largest absolute Gasteiger partial charge is 0.488 e. The van der Waals surface area contributed by atoms with E-state index in [2.05, 4.69) is 56.4 Å². The summed E-state index contributed by atoms with van der Waals surface area (Å²) in [7, 11) is 0. The Hall–Kier alpha value is -1.32. The lowest BCUT2D eigenvalue weighted by Crippen LogP contribution is -2.17. The van der Waals surface area contributed by atoms with E-state index in [1.165, 1.54) is 15.3 Å². The summed E-state index contributed by atoms with van der Waals surface area (Å²) in [6.07, 6.45) is 1.10. The highest BCUT2D eigenvalue weighted by Crippen LogP contribution is 2.22. The van der Waals surface area contributed by atoms with E-state index >= 15 is 0 Å². The van der Waals surface area contributed by atoms with Crippen molar-refractivity contribution < 1.29 is 4.74 Å². The third kappa shape index (κ3) is 4.09. The summed E-state index contributed by atoms with van der Waals surface area (Å²) in [6, 6.07) is 13.1. The van der Waals surface area contributed by atoms with E-state index in [9.17, 15) is 0 Å². The highest BCUT2D eigenvalue weighted by atomic mass is 32.1. The molecule has 0 aliphatic rings. The molecule has 108 valence electrons. The van der Waals surface area contributed by atoms with Crippen LogP contribution in [0.15, 0.2) is 36.4 Å². The molecule has 1 unspecified atom stereocenters. The summed E-state index contributed by atoms with van der Waals surface area (Å²) < 4.78 is 5.90. The molecule has 1 heterocycles. The van der Waals surface area contributed by atoms with Crippen molar-refractivity contribution in [2.45, 2.75) is 39.8 Å². The number of thiophene rings is 1. The van der Waals surface area contributed by atoms with Crippen molar-refractivity contribution in [2.24, 2.45) is 0 Å². The van der Waals surface area contributed by atoms with Crippen molar-refractivity contribution in [1.29, 1.82) is 0 Å². The number of nitrogens with one attached hydrogen (secondary N) is 1. The van der Waals surface area contributed by atoms with Gasteiger partial charge < -0.3 is 10.1 Å². The monoisotopic (exact) mass is 289 g/mol. The lowest BCUT2D eigenvalue weighted by Gasteiger charge is -2.14. The van der Waals surface area contributed by atoms with Crippen LogP contribution >= 0.6 is 11.3 Å². The zero-order valence-electron chi connectivity index (χ0n) is 12.5. The van der Waals surface area contributed by atoms with Gasteiger partial charge in [-0.2, -0.15) is 0 Å². The summed E-state index contributed by atoms with van der Waals surface area (Å²) in [6.45, 7) is 8.11. The summed E-state index contributed by atoms with van der Waals surface area (Å²) in [5.41, 5.74) is 1.27. The smallest absolute Gasteiger partial charge is 0.122 e. The van der Waals surface area contributed by atoms with Crippen molar-refractivity contribution in [2.75, 3.05) is 6.54 Å². The molecule has 0 fully saturated rings. The average molecular weight is 289 g/mol. The van der Waals surface area contributed by atoms with Gasteiger partial charge in [0, 0.05) is 15.8 Å². The van der Waals surface area contributed by atoms with E-state index in [1.54, 1.807) is 0 Å². The van der Waals surface area contributed by atoms with Crippen LogP contribution in [0.4, 0.5) is 0 Å². The minimum atomic E-state index is 0.358. The lowest BCUT2D eigenvalue weighted by atomic mass is 10.1. The third-order valence-electron chi connectivity index (χ3n) is 3.32. The van der Waals surface area contributed by atoms with Gasteiger partial charge in [-0.3, -0.25) is 0 Å². The Bertz CT molecular complexity index is 535. The Morgan fingerprint density at radius 3 is 2.65 bits per heavy atom. The maximum atomic E-state index is 5.90. The highest BCUT2D eigenvalue weighted by molar-refractivity contribution is 7.11. The Labute approximate surface area is 125 Å². The first-order chi connectivity index (χ1) is 9.72. The second-order valence-corrected chi connectivity index (χ2v) is 6.11. The normalized spacial score (nSPS) is 12.3. The van der Waals surface area contributed by atoms with Gasteiger partial charge >= 0.3 is 0 Å². The number of aryl methyl sites for hydroxylation is 1. The molecule has 1 aromatic heterocycles. The summed E-state index contributed by atoms with van der Waals surface area (Å²) in [5.74, 6) is 0.943. The van der Waals surface area contributed by atoms with Gasteiger partial charge in [-0.05, 0) is 49.7 Å². The van der Waals surface area contributed by atoms with Crippen LogP contribution in [0.1, 0.15) is 42.1 Å². The first kappa shape index (κ1) is 15.1. The van der Waals surface area contributed by atoms with Crippen LogP contribution in [0.5, 0.6) is 5.75 Å². The highest BCUT2D eigenvalue weighted by Gasteiger charge is 2.05. The Balaban J connectivity index is 1.97. The van der Waals surface area contributed by atoms with Crippen molar-refractivity contribution in [3.05, 3.63) is 51.7 Å². The molecule has 0 bridgehead atoms. The van der Waals surface area contributed by atoms with Crippen LogP contribution in [-0.4, -0.2) is 6.54 Å². The first-order valence-corrected chi connectivity index (χ1v) is 8.08.